The highest BCUT2D eigenvalue weighted by Gasteiger charge is 2.77. The Labute approximate surface area is 323 Å². The van der Waals surface area contributed by atoms with Gasteiger partial charge in [-0.25, -0.2) is 0 Å². The van der Waals surface area contributed by atoms with E-state index in [0.717, 1.165) is 5.57 Å². The summed E-state index contributed by atoms with van der Waals surface area (Å²) >= 11 is 7.91. The van der Waals surface area contributed by atoms with Gasteiger partial charge in [-0.15, -0.1) is 21.7 Å². The number of Topliss-reactive ketones (excluding diaryl/α,β-unsaturated/α-hetero) is 1. The average Bonchev–Trinajstić information content (AvgIpc) is 3.78. The van der Waals surface area contributed by atoms with Crippen molar-refractivity contribution >= 4 is 47.0 Å². The van der Waals surface area contributed by atoms with Gasteiger partial charge in [0, 0.05) is 29.6 Å². The predicted octanol–water partition coefficient (Wildman–Crippen LogP) is 3.70. The molecule has 6 rings (SSSR count). The van der Waals surface area contributed by atoms with Crippen LogP contribution in [0.5, 0.6) is 0 Å². The maximum atomic E-state index is 14.4. The van der Waals surface area contributed by atoms with E-state index in [4.69, 9.17) is 40.0 Å². The molecule has 12 atom stereocenters. The van der Waals surface area contributed by atoms with Gasteiger partial charge < -0.3 is 33.3 Å². The van der Waals surface area contributed by atoms with Gasteiger partial charge in [0.05, 0.1) is 30.9 Å². The van der Waals surface area contributed by atoms with Crippen molar-refractivity contribution in [3.05, 3.63) is 33.9 Å². The fourth-order valence-electron chi connectivity index (χ4n) is 10.5. The van der Waals surface area contributed by atoms with Crippen molar-refractivity contribution in [3.63, 3.8) is 0 Å². The molecule has 0 bridgehead atoms. The fraction of sp³-hybridized carbons (Fsp3) is 0.737. The van der Waals surface area contributed by atoms with Gasteiger partial charge in [-0.1, -0.05) is 46.3 Å². The van der Waals surface area contributed by atoms with Crippen LogP contribution in [0.1, 0.15) is 86.0 Å². The third kappa shape index (κ3) is 6.75. The number of carbonyl (C=O) groups excluding carboxylic acids is 6. The molecular weight excluding hydrogens is 746 g/mol. The van der Waals surface area contributed by atoms with Gasteiger partial charge in [-0.05, 0) is 49.7 Å². The molecule has 0 aromatic heterocycles. The smallest absolute Gasteiger partial charge is 0.306 e. The Morgan fingerprint density at radius 3 is 2.24 bits per heavy atom. The molecule has 302 valence electrons. The van der Waals surface area contributed by atoms with E-state index in [2.05, 4.69) is 4.84 Å². The van der Waals surface area contributed by atoms with Gasteiger partial charge in [-0.3, -0.25) is 28.8 Å². The number of nitrogens with zero attached hydrogens (tertiary/aromatic N) is 1. The van der Waals surface area contributed by atoms with E-state index in [9.17, 15) is 38.9 Å². The van der Waals surface area contributed by atoms with E-state index in [0.29, 0.717) is 19.3 Å². The van der Waals surface area contributed by atoms with Crippen LogP contribution in [0.15, 0.2) is 23.8 Å². The maximum absolute atomic E-state index is 14.4. The summed E-state index contributed by atoms with van der Waals surface area (Å²) in [6.07, 6.45) is 0.864. The molecule has 3 saturated carbocycles. The van der Waals surface area contributed by atoms with Crippen molar-refractivity contribution in [2.45, 2.75) is 127 Å². The highest BCUT2D eigenvalue weighted by Crippen LogP contribution is 2.72. The largest absolute Gasteiger partial charge is 0.460 e. The van der Waals surface area contributed by atoms with E-state index < -0.39 is 111 Å². The van der Waals surface area contributed by atoms with Gasteiger partial charge in [0.1, 0.15) is 18.3 Å². The number of fused-ring (bicyclic) bond motifs is 6. The summed E-state index contributed by atoms with van der Waals surface area (Å²) in [5.74, 6) is -4.76. The number of alkyl halides is 1. The van der Waals surface area contributed by atoms with E-state index in [1.807, 2.05) is 20.8 Å². The SMILES string of the molecule is CCC(=O)OCC(=O)[C@@]1(OC(=O)CC)[C@@H](C)C[C@H]2C3CCC4=CC(=O)C=C[C@]4(C)[C@@]3(Cl)[C@@H](OC(=O)CCC(=O)O[C@H]3CO[C@H]4[C@@H]3OC[C@H]4O[N+](=O)[O-])C[C@@]21C. The molecule has 2 saturated heterocycles. The summed E-state index contributed by atoms with van der Waals surface area (Å²) in [5, 5.41) is 9.88. The van der Waals surface area contributed by atoms with Crippen molar-refractivity contribution in [2.75, 3.05) is 19.8 Å². The molecule has 1 unspecified atom stereocenters. The summed E-state index contributed by atoms with van der Waals surface area (Å²) in [6, 6.07) is 0. The zero-order valence-corrected chi connectivity index (χ0v) is 32.3. The molecule has 0 amide bonds. The molecule has 2 heterocycles. The zero-order valence-electron chi connectivity index (χ0n) is 31.6. The van der Waals surface area contributed by atoms with Gasteiger partial charge in [-0.2, -0.15) is 0 Å². The molecule has 5 fully saturated rings. The standard InChI is InChI=1S/C38H48ClNO15/c1-6-29(43)49-19-27(42)38(54-30(44)7-2)20(3)14-24-23-9-8-21-15-22(41)12-13-35(21,4)37(23,39)28(16-36(24,38)5)53-32(46)11-10-31(45)52-25-17-50-34-26(55-40(47)48)18-51-33(25)34/h12-13,15,20,23-26,28,33-34H,6-11,14,16-19H2,1-5H3/t20-,23?,24-,25-,26+,28-,33+,34+,35-,36-,37-,38-/m0/s1. The van der Waals surface area contributed by atoms with Gasteiger partial charge in [0.15, 0.2) is 30.2 Å². The summed E-state index contributed by atoms with van der Waals surface area (Å²) in [5.41, 5.74) is -3.08. The Morgan fingerprint density at radius 2 is 1.58 bits per heavy atom. The maximum Gasteiger partial charge on any atom is 0.306 e. The van der Waals surface area contributed by atoms with Crippen LogP contribution in [-0.4, -0.2) is 101 Å². The number of hydrogen-bond acceptors (Lipinski definition) is 15. The van der Waals surface area contributed by atoms with Crippen molar-refractivity contribution in [1.29, 1.82) is 0 Å². The third-order valence-electron chi connectivity index (χ3n) is 13.1. The fourth-order valence-corrected chi connectivity index (χ4v) is 11.0. The Hall–Kier alpha value is -3.89. The summed E-state index contributed by atoms with van der Waals surface area (Å²) in [7, 11) is 0. The van der Waals surface area contributed by atoms with Crippen molar-refractivity contribution in [1.82, 2.24) is 0 Å². The summed E-state index contributed by atoms with van der Waals surface area (Å²) < 4.78 is 34.4. The topological polar surface area (TPSA) is 210 Å². The first-order valence-corrected chi connectivity index (χ1v) is 19.3. The Balaban J connectivity index is 1.27. The number of hydrogen-bond donors (Lipinski definition) is 0. The van der Waals surface area contributed by atoms with Crippen LogP contribution >= 0.6 is 11.6 Å². The van der Waals surface area contributed by atoms with E-state index >= 15 is 0 Å². The second kappa shape index (κ2) is 15.2. The number of esters is 4. The molecule has 0 aromatic rings. The first kappa shape index (κ1) is 40.8. The number of ether oxygens (including phenoxy) is 6. The van der Waals surface area contributed by atoms with Crippen LogP contribution in [-0.2, 0) is 62.0 Å². The number of rotatable bonds is 13. The first-order valence-electron chi connectivity index (χ1n) is 18.9. The molecule has 6 aliphatic rings. The minimum absolute atomic E-state index is 0.0204. The molecule has 0 aromatic carbocycles. The molecule has 0 radical (unpaired) electrons. The van der Waals surface area contributed by atoms with Gasteiger partial charge in [0.25, 0.3) is 5.09 Å². The van der Waals surface area contributed by atoms with Crippen LogP contribution in [0.25, 0.3) is 0 Å². The summed E-state index contributed by atoms with van der Waals surface area (Å²) in [4.78, 5) is 93.2. The molecule has 4 aliphatic carbocycles. The lowest BCUT2D eigenvalue weighted by Crippen LogP contribution is -2.70. The quantitative estimate of drug-likeness (QED) is 0.0856. The van der Waals surface area contributed by atoms with Crippen molar-refractivity contribution in [3.8, 4) is 0 Å². The normalized spacial score (nSPS) is 39.7. The monoisotopic (exact) mass is 793 g/mol. The second-order valence-electron chi connectivity index (χ2n) is 15.9. The van der Waals surface area contributed by atoms with E-state index in [1.165, 1.54) is 6.08 Å². The highest BCUT2D eigenvalue weighted by molar-refractivity contribution is 6.26. The van der Waals surface area contributed by atoms with Crippen LogP contribution in [0.2, 0.25) is 0 Å². The van der Waals surface area contributed by atoms with Crippen LogP contribution < -0.4 is 0 Å². The minimum atomic E-state index is -1.76. The summed E-state index contributed by atoms with van der Waals surface area (Å²) in [6.45, 7) is 7.98. The lowest BCUT2D eigenvalue weighted by Gasteiger charge is -2.64. The second-order valence-corrected chi connectivity index (χ2v) is 16.5. The lowest BCUT2D eigenvalue weighted by molar-refractivity contribution is -0.769. The van der Waals surface area contributed by atoms with Gasteiger partial charge in [0.2, 0.25) is 5.78 Å². The Morgan fingerprint density at radius 1 is 0.945 bits per heavy atom. The van der Waals surface area contributed by atoms with Crippen molar-refractivity contribution < 1.29 is 67.1 Å². The molecule has 17 heteroatoms. The van der Waals surface area contributed by atoms with E-state index in [-0.39, 0.29) is 50.6 Å². The number of halogens is 1. The molecule has 55 heavy (non-hydrogen) atoms. The Bertz CT molecular complexity index is 1700. The predicted molar refractivity (Wildman–Crippen MR) is 187 cm³/mol. The highest BCUT2D eigenvalue weighted by atomic mass is 35.5. The average molecular weight is 794 g/mol. The molecule has 16 nitrogen and oxygen atoms in total. The molecule has 0 spiro atoms. The van der Waals surface area contributed by atoms with Crippen LogP contribution in [0.3, 0.4) is 0 Å². The zero-order chi connectivity index (χ0) is 40.1. The third-order valence-corrected chi connectivity index (χ3v) is 14.0. The molecular formula is C38H48ClNO15. The van der Waals surface area contributed by atoms with Crippen LogP contribution in [0, 0.1) is 38.7 Å². The number of ketones is 2. The van der Waals surface area contributed by atoms with E-state index in [1.54, 1.807) is 26.0 Å². The molecule has 0 N–H and O–H groups in total. The van der Waals surface area contributed by atoms with Crippen molar-refractivity contribution in [2.24, 2.45) is 28.6 Å². The number of allylic oxidation sites excluding steroid dienone is 4. The first-order chi connectivity index (χ1) is 25.9. The van der Waals surface area contributed by atoms with Gasteiger partial charge >= 0.3 is 23.9 Å². The Kier molecular flexibility index (Phi) is 11.3. The molecule has 2 aliphatic heterocycles. The van der Waals surface area contributed by atoms with Crippen LogP contribution in [0.4, 0.5) is 0 Å². The minimum Gasteiger partial charge on any atom is -0.460 e. The lowest BCUT2D eigenvalue weighted by atomic mass is 9.45. The number of carbonyl (C=O) groups is 6.